The van der Waals surface area contributed by atoms with E-state index in [1.807, 2.05) is 0 Å². The molecular weight excluding hydrogens is 266 g/mol. The zero-order chi connectivity index (χ0) is 15.1. The minimum atomic E-state index is 0.196. The summed E-state index contributed by atoms with van der Waals surface area (Å²) in [6.45, 7) is 6.75. The van der Waals surface area contributed by atoms with E-state index < -0.39 is 0 Å². The molecule has 124 valence electrons. The van der Waals surface area contributed by atoms with Gasteiger partial charge < -0.3 is 19.5 Å². The van der Waals surface area contributed by atoms with Crippen molar-refractivity contribution < 1.29 is 14.2 Å². The molecule has 0 saturated heterocycles. The van der Waals surface area contributed by atoms with Crippen molar-refractivity contribution in [3.63, 3.8) is 0 Å². The molecule has 4 nitrogen and oxygen atoms in total. The van der Waals surface area contributed by atoms with Crippen LogP contribution in [0.3, 0.4) is 0 Å². The van der Waals surface area contributed by atoms with Crippen LogP contribution in [-0.2, 0) is 14.2 Å². The lowest BCUT2D eigenvalue weighted by atomic mass is 9.82. The van der Waals surface area contributed by atoms with Crippen LogP contribution in [0.25, 0.3) is 0 Å². The summed E-state index contributed by atoms with van der Waals surface area (Å²) in [5, 5.41) is 3.50. The van der Waals surface area contributed by atoms with Crippen LogP contribution in [0.4, 0.5) is 0 Å². The topological polar surface area (TPSA) is 39.7 Å². The van der Waals surface area contributed by atoms with Gasteiger partial charge in [0.05, 0.1) is 31.5 Å². The predicted molar refractivity (Wildman–Crippen MR) is 84.6 cm³/mol. The Labute approximate surface area is 129 Å². The van der Waals surface area contributed by atoms with E-state index in [1.54, 1.807) is 7.11 Å². The normalized spacial score (nSPS) is 36.4. The third kappa shape index (κ3) is 4.92. The van der Waals surface area contributed by atoms with Crippen LogP contribution in [0.5, 0.6) is 0 Å². The minimum absolute atomic E-state index is 0.196. The van der Waals surface area contributed by atoms with Gasteiger partial charge in [0.2, 0.25) is 0 Å². The highest BCUT2D eigenvalue weighted by atomic mass is 16.6. The second-order valence-corrected chi connectivity index (χ2v) is 6.47. The fourth-order valence-electron chi connectivity index (χ4n) is 3.65. The van der Waals surface area contributed by atoms with Crippen LogP contribution in [0.2, 0.25) is 0 Å². The van der Waals surface area contributed by atoms with Crippen LogP contribution in [0, 0.1) is 5.92 Å². The van der Waals surface area contributed by atoms with E-state index >= 15 is 0 Å². The molecule has 0 aromatic carbocycles. The molecule has 0 heterocycles. The third-order valence-electron chi connectivity index (χ3n) is 4.99. The molecule has 4 heteroatoms. The Bertz CT molecular complexity index is 287. The monoisotopic (exact) mass is 299 g/mol. The quantitative estimate of drug-likeness (QED) is 0.665. The molecule has 2 saturated carbocycles. The lowest BCUT2D eigenvalue weighted by Gasteiger charge is -2.46. The van der Waals surface area contributed by atoms with Gasteiger partial charge in [-0.3, -0.25) is 0 Å². The SMILES string of the molecule is CCNC1CC(OC2CCCC(CC)C2)C1OCCOC. The van der Waals surface area contributed by atoms with Gasteiger partial charge >= 0.3 is 0 Å². The van der Waals surface area contributed by atoms with E-state index in [4.69, 9.17) is 14.2 Å². The van der Waals surface area contributed by atoms with E-state index in [2.05, 4.69) is 19.2 Å². The van der Waals surface area contributed by atoms with Crippen LogP contribution in [0.1, 0.15) is 52.4 Å². The molecule has 1 N–H and O–H groups in total. The Morgan fingerprint density at radius 3 is 2.67 bits per heavy atom. The number of hydrogen-bond donors (Lipinski definition) is 1. The summed E-state index contributed by atoms with van der Waals surface area (Å²) < 4.78 is 17.4. The van der Waals surface area contributed by atoms with Gasteiger partial charge in [-0.2, -0.15) is 0 Å². The van der Waals surface area contributed by atoms with Gasteiger partial charge in [-0.15, -0.1) is 0 Å². The minimum Gasteiger partial charge on any atom is -0.382 e. The number of hydrogen-bond acceptors (Lipinski definition) is 4. The fourth-order valence-corrected chi connectivity index (χ4v) is 3.65. The average molecular weight is 299 g/mol. The molecule has 0 amide bonds. The summed E-state index contributed by atoms with van der Waals surface area (Å²) in [5.41, 5.74) is 0. The molecule has 21 heavy (non-hydrogen) atoms. The number of nitrogens with one attached hydrogen (secondary N) is 1. The molecule has 2 fully saturated rings. The lowest BCUT2D eigenvalue weighted by Crippen LogP contribution is -2.61. The number of rotatable bonds is 9. The van der Waals surface area contributed by atoms with Crippen molar-refractivity contribution in [1.82, 2.24) is 5.32 Å². The van der Waals surface area contributed by atoms with Gasteiger partial charge in [-0.05, 0) is 31.7 Å². The first-order chi connectivity index (χ1) is 10.3. The largest absolute Gasteiger partial charge is 0.382 e. The molecule has 5 unspecified atom stereocenters. The molecule has 0 spiro atoms. The molecule has 0 bridgehead atoms. The molecule has 0 aromatic heterocycles. The predicted octanol–water partition coefficient (Wildman–Crippen LogP) is 2.75. The van der Waals surface area contributed by atoms with E-state index in [0.717, 1.165) is 18.9 Å². The molecule has 0 aliphatic heterocycles. The molecule has 2 rings (SSSR count). The summed E-state index contributed by atoms with van der Waals surface area (Å²) >= 11 is 0. The summed E-state index contributed by atoms with van der Waals surface area (Å²) in [4.78, 5) is 0. The maximum Gasteiger partial charge on any atom is 0.0991 e. The van der Waals surface area contributed by atoms with Crippen LogP contribution in [-0.4, -0.2) is 51.2 Å². The van der Waals surface area contributed by atoms with Crippen LogP contribution in [0.15, 0.2) is 0 Å². The molecule has 2 aliphatic carbocycles. The number of likely N-dealkylation sites (N-methyl/N-ethyl adjacent to an activating group) is 1. The first-order valence-corrected chi connectivity index (χ1v) is 8.77. The lowest BCUT2D eigenvalue weighted by molar-refractivity contribution is -0.178. The maximum atomic E-state index is 6.37. The smallest absolute Gasteiger partial charge is 0.0991 e. The summed E-state index contributed by atoms with van der Waals surface area (Å²) in [7, 11) is 1.72. The fraction of sp³-hybridized carbons (Fsp3) is 1.00. The highest BCUT2D eigenvalue weighted by molar-refractivity contribution is 4.98. The average Bonchev–Trinajstić information content (AvgIpc) is 2.50. The van der Waals surface area contributed by atoms with Gasteiger partial charge in [0.25, 0.3) is 0 Å². The van der Waals surface area contributed by atoms with Gasteiger partial charge in [0.15, 0.2) is 0 Å². The Morgan fingerprint density at radius 1 is 1.10 bits per heavy atom. The molecule has 2 aliphatic rings. The Balaban J connectivity index is 1.77. The second-order valence-electron chi connectivity index (χ2n) is 6.47. The Morgan fingerprint density at radius 2 is 1.95 bits per heavy atom. The summed E-state index contributed by atoms with van der Waals surface area (Å²) in [6, 6.07) is 0.447. The van der Waals surface area contributed by atoms with E-state index in [0.29, 0.717) is 25.4 Å². The van der Waals surface area contributed by atoms with Crippen LogP contribution >= 0.6 is 0 Å². The van der Waals surface area contributed by atoms with E-state index in [9.17, 15) is 0 Å². The van der Waals surface area contributed by atoms with Crippen molar-refractivity contribution >= 4 is 0 Å². The second kappa shape index (κ2) is 9.09. The molecule has 0 aromatic rings. The highest BCUT2D eigenvalue weighted by Gasteiger charge is 2.43. The van der Waals surface area contributed by atoms with Crippen molar-refractivity contribution in [2.24, 2.45) is 5.92 Å². The van der Waals surface area contributed by atoms with Gasteiger partial charge in [-0.1, -0.05) is 33.1 Å². The van der Waals surface area contributed by atoms with Crippen molar-refractivity contribution in [2.45, 2.75) is 76.7 Å². The zero-order valence-electron chi connectivity index (χ0n) is 14.0. The first-order valence-electron chi connectivity index (χ1n) is 8.77. The Hall–Kier alpha value is -0.160. The highest BCUT2D eigenvalue weighted by Crippen LogP contribution is 2.34. The third-order valence-corrected chi connectivity index (χ3v) is 4.99. The van der Waals surface area contributed by atoms with Crippen molar-refractivity contribution in [3.05, 3.63) is 0 Å². The van der Waals surface area contributed by atoms with Gasteiger partial charge in [-0.25, -0.2) is 0 Å². The van der Waals surface area contributed by atoms with E-state index in [-0.39, 0.29) is 12.2 Å². The van der Waals surface area contributed by atoms with Crippen molar-refractivity contribution in [1.29, 1.82) is 0 Å². The van der Waals surface area contributed by atoms with Gasteiger partial charge in [0, 0.05) is 13.2 Å². The standard InChI is InChI=1S/C17H33NO3/c1-4-13-7-6-8-14(11-13)21-16-12-15(18-5-2)17(16)20-10-9-19-3/h13-18H,4-12H2,1-3H3. The number of ether oxygens (including phenoxy) is 3. The first kappa shape index (κ1) is 17.2. The maximum absolute atomic E-state index is 6.37. The molecular formula is C17H33NO3. The van der Waals surface area contributed by atoms with Gasteiger partial charge in [0.1, 0.15) is 0 Å². The molecule has 0 radical (unpaired) electrons. The van der Waals surface area contributed by atoms with Crippen LogP contribution < -0.4 is 5.32 Å². The Kier molecular flexibility index (Phi) is 7.44. The van der Waals surface area contributed by atoms with Crippen molar-refractivity contribution in [3.8, 4) is 0 Å². The van der Waals surface area contributed by atoms with Crippen molar-refractivity contribution in [2.75, 3.05) is 26.9 Å². The van der Waals surface area contributed by atoms with E-state index in [1.165, 1.54) is 32.1 Å². The summed E-state index contributed by atoms with van der Waals surface area (Å²) in [6.07, 6.45) is 8.46. The molecule has 5 atom stereocenters. The summed E-state index contributed by atoms with van der Waals surface area (Å²) in [5.74, 6) is 0.862. The number of methoxy groups -OCH3 is 1. The zero-order valence-corrected chi connectivity index (χ0v) is 14.0.